The van der Waals surface area contributed by atoms with Gasteiger partial charge < -0.3 is 10.4 Å². The van der Waals surface area contributed by atoms with E-state index in [1.54, 1.807) is 0 Å². The largest absolute Gasteiger partial charge is 0.395 e. The summed E-state index contributed by atoms with van der Waals surface area (Å²) in [5.41, 5.74) is 0.290. The van der Waals surface area contributed by atoms with Crippen LogP contribution in [-0.2, 0) is 0 Å². The molecule has 1 aliphatic carbocycles. The molecule has 0 spiro atoms. The molecule has 1 fully saturated rings. The fourth-order valence-electron chi connectivity index (χ4n) is 2.78. The Hall–Kier alpha value is -0.0800. The molecule has 2 N–H and O–H groups in total. The molecule has 1 rings (SSSR count). The molecule has 0 heterocycles. The van der Waals surface area contributed by atoms with Gasteiger partial charge in [-0.15, -0.1) is 0 Å². The van der Waals surface area contributed by atoms with E-state index in [-0.39, 0.29) is 18.1 Å². The van der Waals surface area contributed by atoms with Crippen molar-refractivity contribution < 1.29 is 5.11 Å². The van der Waals surface area contributed by atoms with Gasteiger partial charge in [0.2, 0.25) is 0 Å². The van der Waals surface area contributed by atoms with Crippen LogP contribution in [0.25, 0.3) is 0 Å². The van der Waals surface area contributed by atoms with E-state index in [0.29, 0.717) is 6.04 Å². The van der Waals surface area contributed by atoms with Crippen LogP contribution >= 0.6 is 0 Å². The maximum Gasteiger partial charge on any atom is 0.0584 e. The van der Waals surface area contributed by atoms with Gasteiger partial charge in [0.1, 0.15) is 0 Å². The second-order valence-corrected chi connectivity index (χ2v) is 6.68. The number of nitrogens with one attached hydrogen (secondary N) is 1. The minimum absolute atomic E-state index is 0.264. The maximum atomic E-state index is 9.44. The number of rotatable bonds is 4. The molecular formula is C14H29NO. The van der Waals surface area contributed by atoms with Gasteiger partial charge in [-0.05, 0) is 30.6 Å². The van der Waals surface area contributed by atoms with E-state index < -0.39 is 0 Å². The van der Waals surface area contributed by atoms with E-state index >= 15 is 0 Å². The van der Waals surface area contributed by atoms with Gasteiger partial charge in [-0.1, -0.05) is 40.5 Å². The summed E-state index contributed by atoms with van der Waals surface area (Å²) in [5, 5.41) is 13.1. The standard InChI is InChI=1S/C14H29NO/c1-11-7-5-6-8-13(11)15-12(10-16)9-14(2,3)4/h11-13,15-16H,5-10H2,1-4H3. The van der Waals surface area contributed by atoms with Crippen LogP contribution in [0, 0.1) is 11.3 Å². The van der Waals surface area contributed by atoms with Gasteiger partial charge in [-0.25, -0.2) is 0 Å². The topological polar surface area (TPSA) is 32.3 Å². The van der Waals surface area contributed by atoms with Crippen molar-refractivity contribution in [2.45, 2.75) is 71.9 Å². The zero-order valence-electron chi connectivity index (χ0n) is 11.4. The first-order valence-electron chi connectivity index (χ1n) is 6.79. The first-order valence-corrected chi connectivity index (χ1v) is 6.79. The van der Waals surface area contributed by atoms with Crippen molar-refractivity contribution in [2.75, 3.05) is 6.61 Å². The Morgan fingerprint density at radius 3 is 2.38 bits per heavy atom. The van der Waals surface area contributed by atoms with Crippen molar-refractivity contribution in [3.63, 3.8) is 0 Å². The molecule has 0 aliphatic heterocycles. The average Bonchev–Trinajstić information content (AvgIpc) is 2.18. The van der Waals surface area contributed by atoms with Crippen LogP contribution in [-0.4, -0.2) is 23.8 Å². The highest BCUT2D eigenvalue weighted by Crippen LogP contribution is 2.26. The SMILES string of the molecule is CC1CCCCC1NC(CO)CC(C)(C)C. The molecule has 1 saturated carbocycles. The predicted octanol–water partition coefficient (Wildman–Crippen LogP) is 2.95. The summed E-state index contributed by atoms with van der Waals surface area (Å²) in [6.45, 7) is 9.31. The van der Waals surface area contributed by atoms with Crippen molar-refractivity contribution in [3.8, 4) is 0 Å². The summed E-state index contributed by atoms with van der Waals surface area (Å²) in [5.74, 6) is 0.766. The third-order valence-corrected chi connectivity index (χ3v) is 3.64. The quantitative estimate of drug-likeness (QED) is 0.774. The van der Waals surface area contributed by atoms with Crippen LogP contribution in [0.4, 0.5) is 0 Å². The Morgan fingerprint density at radius 2 is 1.88 bits per heavy atom. The summed E-state index contributed by atoms with van der Waals surface area (Å²) in [4.78, 5) is 0. The minimum atomic E-state index is 0.264. The number of aliphatic hydroxyl groups is 1. The molecule has 3 atom stereocenters. The van der Waals surface area contributed by atoms with Gasteiger partial charge in [0.05, 0.1) is 6.61 Å². The molecule has 2 nitrogen and oxygen atoms in total. The molecule has 0 radical (unpaired) electrons. The maximum absolute atomic E-state index is 9.44. The zero-order valence-corrected chi connectivity index (χ0v) is 11.4. The highest BCUT2D eigenvalue weighted by Gasteiger charge is 2.25. The lowest BCUT2D eigenvalue weighted by Gasteiger charge is -2.35. The molecule has 96 valence electrons. The van der Waals surface area contributed by atoms with Crippen LogP contribution in [0.3, 0.4) is 0 Å². The van der Waals surface area contributed by atoms with Crippen molar-refractivity contribution >= 4 is 0 Å². The highest BCUT2D eigenvalue weighted by atomic mass is 16.3. The normalized spacial score (nSPS) is 29.1. The summed E-state index contributed by atoms with van der Waals surface area (Å²) < 4.78 is 0. The molecule has 0 aromatic carbocycles. The molecule has 2 heteroatoms. The fraction of sp³-hybridized carbons (Fsp3) is 1.00. The Morgan fingerprint density at radius 1 is 1.25 bits per heavy atom. The van der Waals surface area contributed by atoms with Crippen LogP contribution in [0.15, 0.2) is 0 Å². The molecule has 0 aromatic heterocycles. The lowest BCUT2D eigenvalue weighted by atomic mass is 9.83. The second kappa shape index (κ2) is 6.02. The summed E-state index contributed by atoms with van der Waals surface area (Å²) in [6.07, 6.45) is 6.39. The van der Waals surface area contributed by atoms with Gasteiger partial charge >= 0.3 is 0 Å². The Labute approximate surface area is 101 Å². The van der Waals surface area contributed by atoms with Crippen LogP contribution in [0.5, 0.6) is 0 Å². The first-order chi connectivity index (χ1) is 7.42. The Bertz CT molecular complexity index is 197. The van der Waals surface area contributed by atoms with Gasteiger partial charge in [-0.3, -0.25) is 0 Å². The number of hydrogen-bond acceptors (Lipinski definition) is 2. The molecule has 1 aliphatic rings. The fourth-order valence-corrected chi connectivity index (χ4v) is 2.78. The zero-order chi connectivity index (χ0) is 12.2. The van der Waals surface area contributed by atoms with E-state index in [1.807, 2.05) is 0 Å². The Balaban J connectivity index is 2.42. The first kappa shape index (κ1) is 14.0. The predicted molar refractivity (Wildman–Crippen MR) is 69.5 cm³/mol. The van der Waals surface area contributed by atoms with Crippen molar-refractivity contribution in [1.29, 1.82) is 0 Å². The van der Waals surface area contributed by atoms with E-state index in [1.165, 1.54) is 25.7 Å². The molecule has 16 heavy (non-hydrogen) atoms. The van der Waals surface area contributed by atoms with Crippen molar-refractivity contribution in [1.82, 2.24) is 5.32 Å². The van der Waals surface area contributed by atoms with Gasteiger partial charge in [0.15, 0.2) is 0 Å². The summed E-state index contributed by atoms with van der Waals surface area (Å²) in [7, 11) is 0. The second-order valence-electron chi connectivity index (χ2n) is 6.68. The molecular weight excluding hydrogens is 198 g/mol. The molecule has 0 saturated heterocycles. The average molecular weight is 227 g/mol. The van der Waals surface area contributed by atoms with Crippen molar-refractivity contribution in [2.24, 2.45) is 11.3 Å². The third kappa shape index (κ3) is 4.84. The van der Waals surface area contributed by atoms with E-state index in [4.69, 9.17) is 0 Å². The van der Waals surface area contributed by atoms with E-state index in [9.17, 15) is 5.11 Å². The summed E-state index contributed by atoms with van der Waals surface area (Å²) >= 11 is 0. The molecule has 3 unspecified atom stereocenters. The van der Waals surface area contributed by atoms with E-state index in [2.05, 4.69) is 33.0 Å². The van der Waals surface area contributed by atoms with E-state index in [0.717, 1.165) is 12.3 Å². The number of aliphatic hydroxyl groups excluding tert-OH is 1. The van der Waals surface area contributed by atoms with Gasteiger partial charge in [0.25, 0.3) is 0 Å². The van der Waals surface area contributed by atoms with Gasteiger partial charge in [0, 0.05) is 12.1 Å². The smallest absolute Gasteiger partial charge is 0.0584 e. The molecule has 0 amide bonds. The highest BCUT2D eigenvalue weighted by molar-refractivity contribution is 4.83. The monoisotopic (exact) mass is 227 g/mol. The van der Waals surface area contributed by atoms with Crippen molar-refractivity contribution in [3.05, 3.63) is 0 Å². The minimum Gasteiger partial charge on any atom is -0.395 e. The van der Waals surface area contributed by atoms with Crippen LogP contribution < -0.4 is 5.32 Å². The lowest BCUT2D eigenvalue weighted by molar-refractivity contribution is 0.163. The van der Waals surface area contributed by atoms with Crippen LogP contribution in [0.2, 0.25) is 0 Å². The molecule has 0 bridgehead atoms. The Kier molecular flexibility index (Phi) is 5.26. The van der Waals surface area contributed by atoms with Crippen LogP contribution in [0.1, 0.15) is 59.8 Å². The molecule has 0 aromatic rings. The third-order valence-electron chi connectivity index (χ3n) is 3.64. The summed E-state index contributed by atoms with van der Waals surface area (Å²) in [6, 6.07) is 0.888. The number of hydrogen-bond donors (Lipinski definition) is 2. The van der Waals surface area contributed by atoms with Gasteiger partial charge in [-0.2, -0.15) is 0 Å². The lowest BCUT2D eigenvalue weighted by Crippen LogP contribution is -2.46.